The van der Waals surface area contributed by atoms with E-state index in [4.69, 9.17) is 4.74 Å². The summed E-state index contributed by atoms with van der Waals surface area (Å²) in [6.07, 6.45) is 4.69. The lowest BCUT2D eigenvalue weighted by Gasteiger charge is -2.21. The highest BCUT2D eigenvalue weighted by molar-refractivity contribution is 14.0. The summed E-state index contributed by atoms with van der Waals surface area (Å²) in [7, 11) is 1.82. The van der Waals surface area contributed by atoms with Crippen molar-refractivity contribution < 1.29 is 4.74 Å². The highest BCUT2D eigenvalue weighted by Crippen LogP contribution is 1.99. The second kappa shape index (κ2) is 18.3. The lowest BCUT2D eigenvalue weighted by molar-refractivity contribution is 0.136. The summed E-state index contributed by atoms with van der Waals surface area (Å²) in [5, 5.41) is 6.75. The molecule has 0 heterocycles. The number of guanidine groups is 1. The fraction of sp³-hybridized carbons (Fsp3) is 0.941. The number of nitrogens with zero attached hydrogens (tertiary/aromatic N) is 2. The third-order valence-electron chi connectivity index (χ3n) is 3.79. The Bertz CT molecular complexity index is 273. The van der Waals surface area contributed by atoms with Crippen molar-refractivity contribution in [2.45, 2.75) is 59.4 Å². The normalized spacial score (nSPS) is 12.9. The maximum atomic E-state index is 5.54. The fourth-order valence-corrected chi connectivity index (χ4v) is 2.25. The summed E-state index contributed by atoms with van der Waals surface area (Å²) in [4.78, 5) is 6.73. The van der Waals surface area contributed by atoms with Crippen molar-refractivity contribution in [1.29, 1.82) is 0 Å². The van der Waals surface area contributed by atoms with Crippen molar-refractivity contribution in [3.8, 4) is 0 Å². The minimum absolute atomic E-state index is 0. The van der Waals surface area contributed by atoms with Crippen LogP contribution in [0.5, 0.6) is 0 Å². The topological polar surface area (TPSA) is 48.9 Å². The summed E-state index contributed by atoms with van der Waals surface area (Å²) >= 11 is 0. The molecule has 0 aliphatic heterocycles. The zero-order valence-electron chi connectivity index (χ0n) is 15.9. The number of ether oxygens (including phenoxy) is 1. The fourth-order valence-electron chi connectivity index (χ4n) is 2.25. The van der Waals surface area contributed by atoms with Crippen LogP contribution in [0.25, 0.3) is 0 Å². The Morgan fingerprint density at radius 2 is 1.83 bits per heavy atom. The van der Waals surface area contributed by atoms with Gasteiger partial charge in [0.2, 0.25) is 0 Å². The Kier molecular flexibility index (Phi) is 20.0. The van der Waals surface area contributed by atoms with E-state index in [1.807, 2.05) is 7.05 Å². The first-order valence-corrected chi connectivity index (χ1v) is 8.95. The van der Waals surface area contributed by atoms with E-state index >= 15 is 0 Å². The number of hydrogen-bond donors (Lipinski definition) is 2. The van der Waals surface area contributed by atoms with E-state index < -0.39 is 0 Å². The predicted octanol–water partition coefficient (Wildman–Crippen LogP) is 3.10. The molecule has 0 aromatic rings. The van der Waals surface area contributed by atoms with Gasteiger partial charge in [0.05, 0.1) is 6.61 Å². The van der Waals surface area contributed by atoms with Gasteiger partial charge in [0, 0.05) is 26.2 Å². The van der Waals surface area contributed by atoms with E-state index in [1.165, 1.54) is 19.4 Å². The molecular weight excluding hydrogens is 403 g/mol. The Balaban J connectivity index is 0. The summed E-state index contributed by atoms with van der Waals surface area (Å²) < 4.78 is 5.54. The van der Waals surface area contributed by atoms with Gasteiger partial charge in [-0.2, -0.15) is 0 Å². The number of halogens is 1. The molecule has 0 saturated carbocycles. The van der Waals surface area contributed by atoms with Crippen LogP contribution in [0, 0.1) is 0 Å². The van der Waals surface area contributed by atoms with Gasteiger partial charge in [-0.05, 0) is 45.8 Å². The van der Waals surface area contributed by atoms with Crippen molar-refractivity contribution in [3.05, 3.63) is 0 Å². The molecule has 0 aliphatic carbocycles. The van der Waals surface area contributed by atoms with E-state index in [-0.39, 0.29) is 24.0 Å². The smallest absolute Gasteiger partial charge is 0.191 e. The van der Waals surface area contributed by atoms with Crippen LogP contribution in [0.3, 0.4) is 0 Å². The van der Waals surface area contributed by atoms with Crippen molar-refractivity contribution in [2.24, 2.45) is 4.99 Å². The molecule has 0 aromatic carbocycles. The lowest BCUT2D eigenvalue weighted by Crippen LogP contribution is -2.43. The second-order valence-corrected chi connectivity index (χ2v) is 5.68. The van der Waals surface area contributed by atoms with Gasteiger partial charge in [0.25, 0.3) is 0 Å². The monoisotopic (exact) mass is 442 g/mol. The average Bonchev–Trinajstić information content (AvgIpc) is 2.53. The van der Waals surface area contributed by atoms with Crippen LogP contribution in [0.1, 0.15) is 53.4 Å². The quantitative estimate of drug-likeness (QED) is 0.199. The van der Waals surface area contributed by atoms with Gasteiger partial charge >= 0.3 is 0 Å². The molecule has 0 bridgehead atoms. The minimum Gasteiger partial charge on any atom is -0.380 e. The first-order valence-electron chi connectivity index (χ1n) is 8.95. The molecule has 0 aliphatic rings. The number of rotatable bonds is 13. The van der Waals surface area contributed by atoms with Crippen molar-refractivity contribution in [1.82, 2.24) is 15.5 Å². The lowest BCUT2D eigenvalue weighted by atomic mass is 10.2. The molecule has 0 radical (unpaired) electrons. The zero-order valence-corrected chi connectivity index (χ0v) is 18.2. The summed E-state index contributed by atoms with van der Waals surface area (Å²) in [6.45, 7) is 14.7. The van der Waals surface area contributed by atoms with Crippen molar-refractivity contribution in [2.75, 3.05) is 46.4 Å². The van der Waals surface area contributed by atoms with Crippen molar-refractivity contribution >= 4 is 29.9 Å². The van der Waals surface area contributed by atoms with E-state index in [9.17, 15) is 0 Å². The molecule has 6 heteroatoms. The first kappa shape index (κ1) is 25.2. The van der Waals surface area contributed by atoms with Crippen LogP contribution in [-0.2, 0) is 4.74 Å². The van der Waals surface area contributed by atoms with Gasteiger partial charge in [-0.25, -0.2) is 0 Å². The average molecular weight is 442 g/mol. The Morgan fingerprint density at radius 3 is 2.39 bits per heavy atom. The van der Waals surface area contributed by atoms with Crippen LogP contribution in [-0.4, -0.2) is 63.3 Å². The number of unbranched alkanes of at least 4 members (excludes halogenated alkanes) is 1. The van der Waals surface area contributed by atoms with Crippen LogP contribution in [0.15, 0.2) is 4.99 Å². The molecular formula is C17H39IN4O. The molecule has 0 rings (SSSR count). The minimum atomic E-state index is 0. The van der Waals surface area contributed by atoms with Gasteiger partial charge in [0.15, 0.2) is 5.96 Å². The number of nitrogens with one attached hydrogen (secondary N) is 2. The Morgan fingerprint density at radius 1 is 1.13 bits per heavy atom. The van der Waals surface area contributed by atoms with Crippen LogP contribution in [0.2, 0.25) is 0 Å². The molecule has 1 unspecified atom stereocenters. The largest absolute Gasteiger partial charge is 0.380 e. The van der Waals surface area contributed by atoms with Crippen molar-refractivity contribution in [3.63, 3.8) is 0 Å². The summed E-state index contributed by atoms with van der Waals surface area (Å²) in [5.41, 5.74) is 0. The maximum absolute atomic E-state index is 5.54. The standard InChI is InChI=1S/C17H38N4O.HI/c1-6-9-14-22-15-12-19-17(18-5)20-16(4)11-10-13-21(7-2)8-3;/h16H,6-15H2,1-5H3,(H2,18,19,20);1H. The van der Waals surface area contributed by atoms with Gasteiger partial charge in [0.1, 0.15) is 0 Å². The molecule has 0 aromatic heterocycles. The van der Waals surface area contributed by atoms with E-state index in [2.05, 4.69) is 48.2 Å². The van der Waals surface area contributed by atoms with Gasteiger partial charge in [-0.1, -0.05) is 27.2 Å². The van der Waals surface area contributed by atoms with E-state index in [1.54, 1.807) is 0 Å². The Hall–Kier alpha value is -0.0800. The second-order valence-electron chi connectivity index (χ2n) is 5.68. The van der Waals surface area contributed by atoms with Gasteiger partial charge in [-0.3, -0.25) is 4.99 Å². The third-order valence-corrected chi connectivity index (χ3v) is 3.79. The van der Waals surface area contributed by atoms with Crippen LogP contribution < -0.4 is 10.6 Å². The van der Waals surface area contributed by atoms with Gasteiger partial charge in [-0.15, -0.1) is 24.0 Å². The molecule has 0 fully saturated rings. The van der Waals surface area contributed by atoms with Crippen LogP contribution in [0.4, 0.5) is 0 Å². The third kappa shape index (κ3) is 15.2. The molecule has 23 heavy (non-hydrogen) atoms. The Labute approximate surface area is 161 Å². The molecule has 2 N–H and O–H groups in total. The van der Waals surface area contributed by atoms with E-state index in [0.717, 1.165) is 51.6 Å². The number of hydrogen-bond acceptors (Lipinski definition) is 3. The molecule has 5 nitrogen and oxygen atoms in total. The summed E-state index contributed by atoms with van der Waals surface area (Å²) in [6, 6.07) is 0.433. The van der Waals surface area contributed by atoms with E-state index in [0.29, 0.717) is 6.04 Å². The number of aliphatic imine (C=N–C) groups is 1. The zero-order chi connectivity index (χ0) is 16.6. The maximum Gasteiger partial charge on any atom is 0.191 e. The molecule has 0 spiro atoms. The predicted molar refractivity (Wildman–Crippen MR) is 112 cm³/mol. The highest BCUT2D eigenvalue weighted by Gasteiger charge is 2.06. The highest BCUT2D eigenvalue weighted by atomic mass is 127. The first-order chi connectivity index (χ1) is 10.7. The molecule has 1 atom stereocenters. The van der Waals surface area contributed by atoms with Gasteiger partial charge < -0.3 is 20.3 Å². The molecule has 0 saturated heterocycles. The SMILES string of the molecule is CCCCOCCNC(=NC)NC(C)CCCN(CC)CC.I. The molecule has 0 amide bonds. The summed E-state index contributed by atoms with van der Waals surface area (Å²) in [5.74, 6) is 0.870. The molecule has 140 valence electrons. The van der Waals surface area contributed by atoms with Crippen LogP contribution >= 0.6 is 24.0 Å².